The minimum Gasteiger partial charge on any atom is -0.314 e. The van der Waals surface area contributed by atoms with Crippen molar-refractivity contribution in [2.24, 2.45) is 5.41 Å². The van der Waals surface area contributed by atoms with Gasteiger partial charge in [-0.1, -0.05) is 20.8 Å². The molecule has 66 valence electrons. The monoisotopic (exact) mass is 155 g/mol. The maximum absolute atomic E-state index is 3.59. The van der Waals surface area contributed by atoms with E-state index in [9.17, 15) is 0 Å². The van der Waals surface area contributed by atoms with Crippen molar-refractivity contribution in [3.63, 3.8) is 0 Å². The third-order valence-corrected chi connectivity index (χ3v) is 2.65. The van der Waals surface area contributed by atoms with Crippen LogP contribution < -0.4 is 5.32 Å². The van der Waals surface area contributed by atoms with E-state index in [0.717, 1.165) is 6.04 Å². The molecule has 0 saturated heterocycles. The Balaban J connectivity index is 2.20. The van der Waals surface area contributed by atoms with Gasteiger partial charge in [-0.05, 0) is 37.6 Å². The summed E-state index contributed by atoms with van der Waals surface area (Å²) < 4.78 is 0. The minimum atomic E-state index is 0.603. The van der Waals surface area contributed by atoms with Gasteiger partial charge in [0.05, 0.1) is 0 Å². The van der Waals surface area contributed by atoms with Gasteiger partial charge in [0.2, 0.25) is 0 Å². The molecule has 1 heteroatoms. The van der Waals surface area contributed by atoms with Crippen LogP contribution in [0.25, 0.3) is 0 Å². The molecule has 0 aromatic carbocycles. The zero-order chi connectivity index (χ0) is 8.32. The van der Waals surface area contributed by atoms with Crippen molar-refractivity contribution in [3.8, 4) is 0 Å². The summed E-state index contributed by atoms with van der Waals surface area (Å²) in [6, 6.07) is 0.810. The van der Waals surface area contributed by atoms with Crippen LogP contribution in [0.2, 0.25) is 0 Å². The number of rotatable bonds is 3. The predicted octanol–water partition coefficient (Wildman–Crippen LogP) is 2.56. The van der Waals surface area contributed by atoms with Gasteiger partial charge in [-0.25, -0.2) is 0 Å². The van der Waals surface area contributed by atoms with Crippen molar-refractivity contribution in [1.29, 1.82) is 0 Å². The fourth-order valence-corrected chi connectivity index (χ4v) is 1.96. The Labute approximate surface area is 70.6 Å². The molecule has 0 radical (unpaired) electrons. The highest BCUT2D eigenvalue weighted by atomic mass is 14.9. The third kappa shape index (κ3) is 2.82. The maximum atomic E-state index is 3.59. The van der Waals surface area contributed by atoms with E-state index < -0.39 is 0 Å². The first kappa shape index (κ1) is 9.05. The summed E-state index contributed by atoms with van der Waals surface area (Å²) in [6.45, 7) is 8.18. The van der Waals surface area contributed by atoms with Gasteiger partial charge < -0.3 is 5.32 Å². The topological polar surface area (TPSA) is 12.0 Å². The molecule has 1 nitrogen and oxygen atoms in total. The average Bonchev–Trinajstić information content (AvgIpc) is 2.26. The normalized spacial score (nSPS) is 29.2. The first-order valence-electron chi connectivity index (χ1n) is 4.87. The fourth-order valence-electron chi connectivity index (χ4n) is 1.96. The van der Waals surface area contributed by atoms with Gasteiger partial charge in [0.25, 0.3) is 0 Å². The van der Waals surface area contributed by atoms with Crippen molar-refractivity contribution < 1.29 is 0 Å². The summed E-state index contributed by atoms with van der Waals surface area (Å²) in [5, 5.41) is 3.59. The second-order valence-electron chi connectivity index (χ2n) is 4.56. The van der Waals surface area contributed by atoms with E-state index in [2.05, 4.69) is 26.1 Å². The summed E-state index contributed by atoms with van der Waals surface area (Å²) >= 11 is 0. The van der Waals surface area contributed by atoms with Crippen molar-refractivity contribution >= 4 is 0 Å². The van der Waals surface area contributed by atoms with Gasteiger partial charge in [0, 0.05) is 6.04 Å². The Bertz CT molecular complexity index is 118. The Kier molecular flexibility index (Phi) is 2.94. The molecule has 0 bridgehead atoms. The molecule has 0 aliphatic heterocycles. The van der Waals surface area contributed by atoms with Crippen LogP contribution in [0.15, 0.2) is 0 Å². The molecule has 1 unspecified atom stereocenters. The molecule has 0 heterocycles. The van der Waals surface area contributed by atoms with E-state index in [1.807, 2.05) is 0 Å². The van der Waals surface area contributed by atoms with E-state index in [0.29, 0.717) is 5.41 Å². The Hall–Kier alpha value is -0.0400. The average molecular weight is 155 g/mol. The van der Waals surface area contributed by atoms with E-state index >= 15 is 0 Å². The molecular weight excluding hydrogens is 134 g/mol. The molecule has 1 N–H and O–H groups in total. The lowest BCUT2D eigenvalue weighted by Gasteiger charge is -2.17. The lowest BCUT2D eigenvalue weighted by molar-refractivity contribution is 0.365. The molecule has 0 amide bonds. The first-order valence-corrected chi connectivity index (χ1v) is 4.87. The second-order valence-corrected chi connectivity index (χ2v) is 4.56. The van der Waals surface area contributed by atoms with Crippen LogP contribution in [0.3, 0.4) is 0 Å². The van der Waals surface area contributed by atoms with E-state index in [-0.39, 0.29) is 0 Å². The molecule has 1 fully saturated rings. The zero-order valence-electron chi connectivity index (χ0n) is 8.11. The standard InChI is InChI=1S/C10H21N/c1-4-7-11-9-5-6-10(2,3)8-9/h9,11H,4-8H2,1-3H3. The first-order chi connectivity index (χ1) is 5.14. The van der Waals surface area contributed by atoms with Gasteiger partial charge in [-0.2, -0.15) is 0 Å². The van der Waals surface area contributed by atoms with E-state index in [1.54, 1.807) is 0 Å². The quantitative estimate of drug-likeness (QED) is 0.660. The maximum Gasteiger partial charge on any atom is 0.00723 e. The molecule has 1 aliphatic carbocycles. The van der Waals surface area contributed by atoms with Crippen molar-refractivity contribution in [2.75, 3.05) is 6.54 Å². The van der Waals surface area contributed by atoms with Crippen LogP contribution in [0.1, 0.15) is 46.5 Å². The minimum absolute atomic E-state index is 0.603. The summed E-state index contributed by atoms with van der Waals surface area (Å²) in [6.07, 6.45) is 5.41. The summed E-state index contributed by atoms with van der Waals surface area (Å²) in [4.78, 5) is 0. The van der Waals surface area contributed by atoms with Crippen LogP contribution in [-0.2, 0) is 0 Å². The second kappa shape index (κ2) is 3.57. The predicted molar refractivity (Wildman–Crippen MR) is 49.7 cm³/mol. The molecule has 0 spiro atoms. The fraction of sp³-hybridized carbons (Fsp3) is 1.00. The highest BCUT2D eigenvalue weighted by Crippen LogP contribution is 2.36. The Morgan fingerprint density at radius 2 is 2.18 bits per heavy atom. The lowest BCUT2D eigenvalue weighted by atomic mass is 9.92. The Morgan fingerprint density at radius 3 is 2.64 bits per heavy atom. The molecule has 0 aromatic rings. The lowest BCUT2D eigenvalue weighted by Crippen LogP contribution is -2.27. The summed E-state index contributed by atoms with van der Waals surface area (Å²) in [5.41, 5.74) is 0.603. The largest absolute Gasteiger partial charge is 0.314 e. The van der Waals surface area contributed by atoms with Gasteiger partial charge >= 0.3 is 0 Å². The summed E-state index contributed by atoms with van der Waals surface area (Å²) in [7, 11) is 0. The molecule has 0 aromatic heterocycles. The highest BCUT2D eigenvalue weighted by molar-refractivity contribution is 4.85. The van der Waals surface area contributed by atoms with Crippen molar-refractivity contribution in [1.82, 2.24) is 5.32 Å². The van der Waals surface area contributed by atoms with Crippen molar-refractivity contribution in [3.05, 3.63) is 0 Å². The van der Waals surface area contributed by atoms with Gasteiger partial charge in [-0.15, -0.1) is 0 Å². The molecule has 1 aliphatic rings. The van der Waals surface area contributed by atoms with E-state index in [4.69, 9.17) is 0 Å². The third-order valence-electron chi connectivity index (χ3n) is 2.65. The SMILES string of the molecule is CCCNC1CCC(C)(C)C1. The van der Waals surface area contributed by atoms with Gasteiger partial charge in [-0.3, -0.25) is 0 Å². The van der Waals surface area contributed by atoms with Crippen LogP contribution >= 0.6 is 0 Å². The molecule has 1 saturated carbocycles. The molecule has 1 atom stereocenters. The van der Waals surface area contributed by atoms with Crippen LogP contribution in [0.4, 0.5) is 0 Å². The van der Waals surface area contributed by atoms with E-state index in [1.165, 1.54) is 32.2 Å². The highest BCUT2D eigenvalue weighted by Gasteiger charge is 2.29. The molecule has 1 rings (SSSR count). The summed E-state index contributed by atoms with van der Waals surface area (Å²) in [5.74, 6) is 0. The van der Waals surface area contributed by atoms with Crippen LogP contribution in [-0.4, -0.2) is 12.6 Å². The number of hydrogen-bond donors (Lipinski definition) is 1. The molecule has 11 heavy (non-hydrogen) atoms. The smallest absolute Gasteiger partial charge is 0.00723 e. The van der Waals surface area contributed by atoms with Crippen LogP contribution in [0, 0.1) is 5.41 Å². The van der Waals surface area contributed by atoms with Gasteiger partial charge in [0.15, 0.2) is 0 Å². The zero-order valence-corrected chi connectivity index (χ0v) is 8.11. The van der Waals surface area contributed by atoms with Gasteiger partial charge in [0.1, 0.15) is 0 Å². The van der Waals surface area contributed by atoms with Crippen molar-refractivity contribution in [2.45, 2.75) is 52.5 Å². The number of hydrogen-bond acceptors (Lipinski definition) is 1. The molecular formula is C10H21N. The number of nitrogens with one attached hydrogen (secondary N) is 1. The Morgan fingerprint density at radius 1 is 1.45 bits per heavy atom. The van der Waals surface area contributed by atoms with Crippen LogP contribution in [0.5, 0.6) is 0 Å².